The van der Waals surface area contributed by atoms with E-state index in [1.807, 2.05) is 18.7 Å². The first-order valence-corrected chi connectivity index (χ1v) is 12.2. The summed E-state index contributed by atoms with van der Waals surface area (Å²) >= 11 is 0. The molecule has 4 rings (SSSR count). The number of amides is 1. The van der Waals surface area contributed by atoms with Gasteiger partial charge in [0.2, 0.25) is 0 Å². The first-order valence-electron chi connectivity index (χ1n) is 10.6. The van der Waals surface area contributed by atoms with Crippen molar-refractivity contribution >= 4 is 27.6 Å². The summed E-state index contributed by atoms with van der Waals surface area (Å²) in [5, 5.41) is 2.99. The highest BCUT2D eigenvalue weighted by Gasteiger charge is 2.28. The Morgan fingerprint density at radius 1 is 1.33 bits per heavy atom. The molecule has 174 valence electrons. The van der Waals surface area contributed by atoms with Crippen LogP contribution in [-0.2, 0) is 15.8 Å². The van der Waals surface area contributed by atoms with E-state index in [0.29, 0.717) is 28.3 Å². The van der Waals surface area contributed by atoms with Gasteiger partial charge in [-0.3, -0.25) is 4.79 Å². The lowest BCUT2D eigenvalue weighted by molar-refractivity contribution is 0.0880. The van der Waals surface area contributed by atoms with E-state index in [-0.39, 0.29) is 24.1 Å². The monoisotopic (exact) mass is 469 g/mol. The van der Waals surface area contributed by atoms with Crippen LogP contribution in [0.25, 0.3) is 0 Å². The van der Waals surface area contributed by atoms with E-state index in [1.54, 1.807) is 36.5 Å². The minimum absolute atomic E-state index is 0.0958. The van der Waals surface area contributed by atoms with Crippen LogP contribution in [0, 0.1) is 0 Å². The van der Waals surface area contributed by atoms with E-state index in [1.165, 1.54) is 0 Å². The van der Waals surface area contributed by atoms with Gasteiger partial charge in [-0.05, 0) is 50.5 Å². The number of aromatic nitrogens is 1. The molecule has 3 heterocycles. The summed E-state index contributed by atoms with van der Waals surface area (Å²) in [7, 11) is -3.63. The molecule has 2 aromatic rings. The van der Waals surface area contributed by atoms with E-state index >= 15 is 0 Å². The van der Waals surface area contributed by atoms with E-state index in [9.17, 15) is 13.2 Å². The summed E-state index contributed by atoms with van der Waals surface area (Å²) in [5.41, 5.74) is 7.67. The summed E-state index contributed by atoms with van der Waals surface area (Å²) in [5.74, 6) is 0.555. The highest BCUT2D eigenvalue weighted by Crippen LogP contribution is 2.29. The summed E-state index contributed by atoms with van der Waals surface area (Å²) in [6.45, 7) is 8.71. The number of hydrogen-bond acceptors (Lipinski definition) is 7. The molecule has 0 radical (unpaired) electrons. The quantitative estimate of drug-likeness (QED) is 0.665. The van der Waals surface area contributed by atoms with Crippen LogP contribution in [0.5, 0.6) is 5.75 Å². The average Bonchev–Trinajstić information content (AvgIpc) is 3.17. The lowest BCUT2D eigenvalue weighted by Crippen LogP contribution is -2.48. The third kappa shape index (κ3) is 5.00. The molecule has 9 nitrogen and oxygen atoms in total. The number of nitrogens with two attached hydrogens (primary N) is 1. The Labute approximate surface area is 193 Å². The molecule has 10 heteroatoms. The number of sulfonamides is 1. The Bertz CT molecular complexity index is 1250. The fraction of sp³-hybridized carbons (Fsp3) is 0.348. The van der Waals surface area contributed by atoms with Crippen LogP contribution in [0.15, 0.2) is 53.2 Å². The van der Waals surface area contributed by atoms with Crippen LogP contribution < -0.4 is 20.7 Å². The Hall–Kier alpha value is -3.40. The van der Waals surface area contributed by atoms with Crippen molar-refractivity contribution in [1.82, 2.24) is 10.3 Å². The van der Waals surface area contributed by atoms with Crippen molar-refractivity contribution in [3.63, 3.8) is 0 Å². The molecule has 1 amide bonds. The minimum atomic E-state index is -3.63. The maximum atomic E-state index is 12.9. The smallest absolute Gasteiger partial charge is 0.259 e. The molecule has 0 spiro atoms. The van der Waals surface area contributed by atoms with Gasteiger partial charge in [-0.25, -0.2) is 13.4 Å². The molecule has 0 saturated carbocycles. The predicted octanol–water partition coefficient (Wildman–Crippen LogP) is 2.33. The van der Waals surface area contributed by atoms with Crippen LogP contribution in [0.3, 0.4) is 0 Å². The fourth-order valence-corrected chi connectivity index (χ4v) is 5.01. The van der Waals surface area contributed by atoms with Gasteiger partial charge in [0, 0.05) is 24.0 Å². The molecule has 0 atom stereocenters. The summed E-state index contributed by atoms with van der Waals surface area (Å²) in [4.78, 5) is 19.3. The molecule has 2 aliphatic heterocycles. The lowest BCUT2D eigenvalue weighted by Gasteiger charge is -2.28. The number of hydrogen-bond donors (Lipinski definition) is 2. The normalized spacial score (nSPS) is 17.3. The average molecular weight is 470 g/mol. The number of amidine groups is 1. The SMILES string of the molecule is C=C1CCCN1c1cc(C(=O)NC(C)(C)COc2cccc3c2C(N)=NS(=O)(=O)C3)ccn1. The Morgan fingerprint density at radius 3 is 2.85 bits per heavy atom. The highest BCUT2D eigenvalue weighted by atomic mass is 32.2. The second kappa shape index (κ2) is 8.51. The van der Waals surface area contributed by atoms with Gasteiger partial charge < -0.3 is 20.7 Å². The molecule has 1 aromatic carbocycles. The van der Waals surface area contributed by atoms with Gasteiger partial charge in [-0.15, -0.1) is 4.40 Å². The van der Waals surface area contributed by atoms with Crippen LogP contribution in [-0.4, -0.2) is 43.8 Å². The molecule has 2 aliphatic rings. The molecule has 33 heavy (non-hydrogen) atoms. The van der Waals surface area contributed by atoms with Crippen molar-refractivity contribution < 1.29 is 17.9 Å². The van der Waals surface area contributed by atoms with Gasteiger partial charge in [-0.2, -0.15) is 0 Å². The zero-order valence-electron chi connectivity index (χ0n) is 18.7. The van der Waals surface area contributed by atoms with Crippen LogP contribution in [0.1, 0.15) is 48.2 Å². The topological polar surface area (TPSA) is 127 Å². The number of nitrogens with zero attached hydrogens (tertiary/aromatic N) is 3. The number of rotatable bonds is 6. The molecule has 0 bridgehead atoms. The Balaban J connectivity index is 1.46. The first kappa shape index (κ1) is 22.8. The number of nitrogens with one attached hydrogen (secondary N) is 1. The second-order valence-electron chi connectivity index (χ2n) is 8.84. The Kier molecular flexibility index (Phi) is 5.87. The van der Waals surface area contributed by atoms with Crippen molar-refractivity contribution in [3.8, 4) is 5.75 Å². The third-order valence-corrected chi connectivity index (χ3v) is 6.65. The summed E-state index contributed by atoms with van der Waals surface area (Å²) in [6, 6.07) is 8.52. The van der Waals surface area contributed by atoms with Crippen molar-refractivity contribution in [3.05, 3.63) is 65.5 Å². The van der Waals surface area contributed by atoms with Gasteiger partial charge in [0.25, 0.3) is 15.9 Å². The van der Waals surface area contributed by atoms with Crippen LogP contribution >= 0.6 is 0 Å². The fourth-order valence-electron chi connectivity index (χ4n) is 3.92. The van der Waals surface area contributed by atoms with Gasteiger partial charge in [0.1, 0.15) is 24.0 Å². The number of pyridine rings is 1. The highest BCUT2D eigenvalue weighted by molar-refractivity contribution is 7.89. The van der Waals surface area contributed by atoms with Crippen LogP contribution in [0.4, 0.5) is 5.82 Å². The standard InChI is InChI=1S/C23H27N5O4S/c1-15-6-5-11-28(15)19-12-16(9-10-25-19)22(29)26-23(2,3)14-32-18-8-4-7-17-13-33(30,31)27-21(24)20(17)18/h4,7-10,12H,1,5-6,11,13-14H2,2-3H3,(H2,24,27)(H,26,29). The molecule has 0 unspecified atom stereocenters. The Morgan fingerprint density at radius 2 is 2.12 bits per heavy atom. The maximum absolute atomic E-state index is 12.9. The second-order valence-corrected chi connectivity index (χ2v) is 10.5. The molecular formula is C23H27N5O4S. The van der Waals surface area contributed by atoms with E-state index in [0.717, 1.165) is 25.1 Å². The number of fused-ring (bicyclic) bond motifs is 1. The number of benzene rings is 1. The molecule has 0 aliphatic carbocycles. The molecule has 1 fully saturated rings. The predicted molar refractivity (Wildman–Crippen MR) is 127 cm³/mol. The van der Waals surface area contributed by atoms with Gasteiger partial charge in [-0.1, -0.05) is 18.7 Å². The van der Waals surface area contributed by atoms with Gasteiger partial charge in [0.15, 0.2) is 0 Å². The van der Waals surface area contributed by atoms with Crippen molar-refractivity contribution in [2.75, 3.05) is 18.1 Å². The molecule has 1 saturated heterocycles. The van der Waals surface area contributed by atoms with E-state index < -0.39 is 15.6 Å². The number of anilines is 1. The first-order chi connectivity index (χ1) is 15.5. The van der Waals surface area contributed by atoms with Crippen molar-refractivity contribution in [2.45, 2.75) is 38.0 Å². The lowest BCUT2D eigenvalue weighted by atomic mass is 10.0. The number of ether oxygens (including phenoxy) is 1. The molecule has 3 N–H and O–H groups in total. The van der Waals surface area contributed by atoms with Gasteiger partial charge in [0.05, 0.1) is 16.9 Å². The number of carbonyl (C=O) groups excluding carboxylic acids is 1. The number of carbonyl (C=O) groups is 1. The molecule has 1 aromatic heterocycles. The van der Waals surface area contributed by atoms with E-state index in [4.69, 9.17) is 10.5 Å². The molecular weight excluding hydrogens is 442 g/mol. The largest absolute Gasteiger partial charge is 0.490 e. The maximum Gasteiger partial charge on any atom is 0.259 e. The van der Waals surface area contributed by atoms with E-state index in [2.05, 4.69) is 21.3 Å². The third-order valence-electron chi connectivity index (χ3n) is 5.50. The zero-order valence-corrected chi connectivity index (χ0v) is 19.5. The van der Waals surface area contributed by atoms with Crippen LogP contribution in [0.2, 0.25) is 0 Å². The summed E-state index contributed by atoms with van der Waals surface area (Å²) < 4.78 is 33.3. The minimum Gasteiger partial charge on any atom is -0.490 e. The van der Waals surface area contributed by atoms with Crippen molar-refractivity contribution in [2.24, 2.45) is 10.1 Å². The van der Waals surface area contributed by atoms with Gasteiger partial charge >= 0.3 is 0 Å². The zero-order chi connectivity index (χ0) is 23.8. The van der Waals surface area contributed by atoms with Crippen molar-refractivity contribution in [1.29, 1.82) is 0 Å². The number of allylic oxidation sites excluding steroid dienone is 1. The summed E-state index contributed by atoms with van der Waals surface area (Å²) in [6.07, 6.45) is 3.56.